The van der Waals surface area contributed by atoms with Crippen molar-refractivity contribution in [3.63, 3.8) is 0 Å². The number of nitrogens with zero attached hydrogens (tertiary/aromatic N) is 2. The first-order valence-electron chi connectivity index (χ1n) is 9.87. The molecular weight excluding hydrogens is 328 g/mol. The molecule has 25 heavy (non-hydrogen) atoms. The van der Waals surface area contributed by atoms with Crippen LogP contribution in [-0.2, 0) is 15.4 Å². The van der Waals surface area contributed by atoms with Gasteiger partial charge >= 0.3 is 0 Å². The van der Waals surface area contributed by atoms with Gasteiger partial charge in [0.15, 0.2) is 0 Å². The molecular formula is C20H35N2O2Si+. The standard InChI is InChI=1S/C20H35N2O2Si/c1-22(25)15-13-21(14-16-22)17-20(24-23-2,18-9-5-3-6-10-18)19-11-7-4-8-12-19/h3,5-6,9-10,19H,4,7-8,11-17H2,1-2,25H3/q+1. The highest BCUT2D eigenvalue weighted by Gasteiger charge is 2.45. The fourth-order valence-corrected chi connectivity index (χ4v) is 4.97. The first-order chi connectivity index (χ1) is 12.1. The predicted molar refractivity (Wildman–Crippen MR) is 105 cm³/mol. The van der Waals surface area contributed by atoms with Crippen molar-refractivity contribution < 1.29 is 13.9 Å². The molecule has 0 radical (unpaired) electrons. The lowest BCUT2D eigenvalue weighted by Crippen LogP contribution is -2.59. The number of piperazine rings is 1. The third-order valence-corrected chi connectivity index (χ3v) is 7.16. The molecule has 1 aliphatic carbocycles. The molecule has 1 saturated heterocycles. The maximum Gasteiger partial charge on any atom is 0.239 e. The smallest absolute Gasteiger partial charge is 0.239 e. The Labute approximate surface area is 156 Å². The molecule has 0 aromatic heterocycles. The maximum absolute atomic E-state index is 6.17. The van der Waals surface area contributed by atoms with Crippen LogP contribution in [0.15, 0.2) is 30.3 Å². The molecule has 2 fully saturated rings. The fourth-order valence-electron chi connectivity index (χ4n) is 4.57. The zero-order valence-electron chi connectivity index (χ0n) is 16.2. The van der Waals surface area contributed by atoms with E-state index in [2.05, 4.69) is 42.3 Å². The van der Waals surface area contributed by atoms with E-state index in [1.54, 1.807) is 7.11 Å². The van der Waals surface area contributed by atoms with Gasteiger partial charge in [-0.25, -0.2) is 9.78 Å². The minimum absolute atomic E-state index is 0.345. The molecule has 1 aromatic rings. The zero-order valence-corrected chi connectivity index (χ0v) is 18.2. The van der Waals surface area contributed by atoms with E-state index in [0.29, 0.717) is 5.92 Å². The van der Waals surface area contributed by atoms with Gasteiger partial charge in [-0.2, -0.15) is 0 Å². The largest absolute Gasteiger partial charge is 0.391 e. The maximum atomic E-state index is 6.17. The van der Waals surface area contributed by atoms with Gasteiger partial charge in [-0.05, 0) is 24.3 Å². The summed E-state index contributed by atoms with van der Waals surface area (Å²) in [5.41, 5.74) is 0.931. The number of rotatable bonds is 6. The summed E-state index contributed by atoms with van der Waals surface area (Å²) in [7, 11) is 5.29. The molecule has 1 saturated carbocycles. The summed E-state index contributed by atoms with van der Waals surface area (Å²) in [6.45, 7) is 5.78. The van der Waals surface area contributed by atoms with Gasteiger partial charge in [0, 0.05) is 19.6 Å². The van der Waals surface area contributed by atoms with Crippen LogP contribution < -0.4 is 0 Å². The molecule has 5 heteroatoms. The Hall–Kier alpha value is -0.723. The summed E-state index contributed by atoms with van der Waals surface area (Å²) in [5.74, 6) is 0.530. The third kappa shape index (κ3) is 4.52. The summed E-state index contributed by atoms with van der Waals surface area (Å²) in [6, 6.07) is 10.8. The highest BCUT2D eigenvalue weighted by Crippen LogP contribution is 2.43. The molecule has 0 N–H and O–H groups in total. The molecule has 1 unspecified atom stereocenters. The SMILES string of the molecule is COOC(CN1CC[N+](C)([SiH3])CC1)(c1ccccc1)C1CCCCC1. The van der Waals surface area contributed by atoms with Crippen molar-refractivity contribution in [3.8, 4) is 0 Å². The van der Waals surface area contributed by atoms with Crippen molar-refractivity contribution in [2.75, 3.05) is 46.9 Å². The second kappa shape index (κ2) is 8.31. The van der Waals surface area contributed by atoms with Crippen molar-refractivity contribution in [1.82, 2.24) is 4.90 Å². The summed E-state index contributed by atoms with van der Waals surface area (Å²) in [5, 5.41) is 0. The first kappa shape index (κ1) is 19.0. The van der Waals surface area contributed by atoms with Gasteiger partial charge in [-0.15, -0.1) is 0 Å². The van der Waals surface area contributed by atoms with Crippen molar-refractivity contribution in [2.45, 2.75) is 37.7 Å². The molecule has 0 amide bonds. The number of hydrogen-bond donors (Lipinski definition) is 0. The van der Waals surface area contributed by atoms with Gasteiger partial charge in [-0.3, -0.25) is 4.90 Å². The molecule has 2 aliphatic rings. The van der Waals surface area contributed by atoms with Crippen LogP contribution in [0.3, 0.4) is 0 Å². The molecule has 4 nitrogen and oxygen atoms in total. The predicted octanol–water partition coefficient (Wildman–Crippen LogP) is 2.08. The molecule has 3 rings (SSSR count). The average Bonchev–Trinajstić information content (AvgIpc) is 2.64. The highest BCUT2D eigenvalue weighted by atomic mass is 28.2. The topological polar surface area (TPSA) is 21.7 Å². The van der Waals surface area contributed by atoms with Crippen LogP contribution in [0.5, 0.6) is 0 Å². The molecule has 0 bridgehead atoms. The van der Waals surface area contributed by atoms with E-state index in [4.69, 9.17) is 9.78 Å². The quantitative estimate of drug-likeness (QED) is 0.439. The average molecular weight is 364 g/mol. The van der Waals surface area contributed by atoms with E-state index in [1.165, 1.54) is 65.3 Å². The van der Waals surface area contributed by atoms with Gasteiger partial charge < -0.3 is 4.15 Å². The Balaban J connectivity index is 1.87. The molecule has 0 spiro atoms. The van der Waals surface area contributed by atoms with Gasteiger partial charge in [0.25, 0.3) is 0 Å². The van der Waals surface area contributed by atoms with Crippen LogP contribution in [0.25, 0.3) is 0 Å². The van der Waals surface area contributed by atoms with Crippen LogP contribution in [-0.4, -0.2) is 66.3 Å². The van der Waals surface area contributed by atoms with Gasteiger partial charge in [0.05, 0.1) is 27.2 Å². The van der Waals surface area contributed by atoms with Crippen molar-refractivity contribution in [1.29, 1.82) is 0 Å². The van der Waals surface area contributed by atoms with E-state index in [9.17, 15) is 0 Å². The minimum atomic E-state index is -0.345. The van der Waals surface area contributed by atoms with Crippen LogP contribution in [0.1, 0.15) is 37.7 Å². The summed E-state index contributed by atoms with van der Waals surface area (Å²) >= 11 is 0. The number of benzene rings is 1. The van der Waals surface area contributed by atoms with E-state index in [1.807, 2.05) is 0 Å². The Morgan fingerprint density at radius 1 is 1.12 bits per heavy atom. The van der Waals surface area contributed by atoms with E-state index >= 15 is 0 Å². The second-order valence-corrected chi connectivity index (χ2v) is 10.7. The normalized spacial score (nSPS) is 24.9. The van der Waals surface area contributed by atoms with Crippen molar-refractivity contribution >= 4 is 10.4 Å². The molecule has 1 atom stereocenters. The Morgan fingerprint density at radius 2 is 1.76 bits per heavy atom. The van der Waals surface area contributed by atoms with E-state index < -0.39 is 0 Å². The number of hydrogen-bond acceptors (Lipinski definition) is 3. The Kier molecular flexibility index (Phi) is 6.33. The van der Waals surface area contributed by atoms with Crippen LogP contribution in [0.4, 0.5) is 0 Å². The Bertz CT molecular complexity index is 524. The first-order valence-corrected chi connectivity index (χ1v) is 10.8. The van der Waals surface area contributed by atoms with Crippen LogP contribution in [0.2, 0.25) is 0 Å². The van der Waals surface area contributed by atoms with Gasteiger partial charge in [-0.1, -0.05) is 49.6 Å². The van der Waals surface area contributed by atoms with Gasteiger partial charge in [0.2, 0.25) is 10.4 Å². The summed E-state index contributed by atoms with van der Waals surface area (Å²) in [6.07, 6.45) is 6.44. The lowest BCUT2D eigenvalue weighted by atomic mass is 9.73. The molecule has 140 valence electrons. The molecule has 1 heterocycles. The monoisotopic (exact) mass is 363 g/mol. The summed E-state index contributed by atoms with van der Waals surface area (Å²) < 4.78 is 1.25. The number of quaternary nitrogens is 1. The highest BCUT2D eigenvalue weighted by molar-refractivity contribution is 5.97. The van der Waals surface area contributed by atoms with Crippen LogP contribution in [0, 0.1) is 5.92 Å². The lowest BCUT2D eigenvalue weighted by molar-refractivity contribution is -0.801. The molecule has 1 aromatic carbocycles. The fraction of sp³-hybridized carbons (Fsp3) is 0.700. The summed E-state index contributed by atoms with van der Waals surface area (Å²) in [4.78, 5) is 14.2. The zero-order chi connectivity index (χ0) is 17.8. The van der Waals surface area contributed by atoms with E-state index in [-0.39, 0.29) is 5.60 Å². The van der Waals surface area contributed by atoms with E-state index in [0.717, 1.165) is 19.6 Å². The lowest BCUT2D eigenvalue weighted by Gasteiger charge is -2.47. The second-order valence-electron chi connectivity index (χ2n) is 8.50. The molecule has 1 aliphatic heterocycles. The van der Waals surface area contributed by atoms with Crippen LogP contribution >= 0.6 is 0 Å². The van der Waals surface area contributed by atoms with Crippen molar-refractivity contribution in [2.24, 2.45) is 5.92 Å². The van der Waals surface area contributed by atoms with Gasteiger partial charge in [0.1, 0.15) is 5.60 Å². The third-order valence-electron chi connectivity index (χ3n) is 6.26. The Morgan fingerprint density at radius 3 is 2.36 bits per heavy atom. The minimum Gasteiger partial charge on any atom is -0.391 e. The van der Waals surface area contributed by atoms with Crippen molar-refractivity contribution in [3.05, 3.63) is 35.9 Å². The number of likely N-dealkylation sites (N-methyl/N-ethyl adjacent to an activating group) is 1.